The molecular formula is C24H25F2NO4. The molecule has 1 aliphatic rings. The molecule has 0 saturated heterocycles. The minimum Gasteiger partial charge on any atom is -0.493 e. The van der Waals surface area contributed by atoms with Crippen LogP contribution in [0.2, 0.25) is 0 Å². The monoisotopic (exact) mass is 429 g/mol. The van der Waals surface area contributed by atoms with Gasteiger partial charge >= 0.3 is 5.97 Å². The summed E-state index contributed by atoms with van der Waals surface area (Å²) < 4.78 is 44.0. The standard InChI is InChI=1S/C24H25F2NO4/c1-2-11-29-18-7-3-16(4-8-18)15-30-19-9-5-17(6-10-19)24(28)31-20-12-22(25)21(14-27)23(26)13-20/h5-6,9-10,12-13,16,18H,2-4,7-8,11,15H2,1H3/t16-,18-. The van der Waals surface area contributed by atoms with Gasteiger partial charge in [0.25, 0.3) is 0 Å². The quantitative estimate of drug-likeness (QED) is 0.414. The van der Waals surface area contributed by atoms with Crippen molar-refractivity contribution in [3.63, 3.8) is 0 Å². The number of nitriles is 1. The van der Waals surface area contributed by atoms with Gasteiger partial charge in [-0.2, -0.15) is 5.26 Å². The molecule has 1 fully saturated rings. The highest BCUT2D eigenvalue weighted by atomic mass is 19.1. The molecule has 2 aromatic carbocycles. The molecule has 0 spiro atoms. The number of carbonyl (C=O) groups excluding carboxylic acids is 1. The molecule has 0 N–H and O–H groups in total. The van der Waals surface area contributed by atoms with Crippen molar-refractivity contribution >= 4 is 5.97 Å². The predicted molar refractivity (Wildman–Crippen MR) is 110 cm³/mol. The minimum atomic E-state index is -1.08. The number of hydrogen-bond donors (Lipinski definition) is 0. The fraction of sp³-hybridized carbons (Fsp3) is 0.417. The molecule has 1 saturated carbocycles. The lowest BCUT2D eigenvalue weighted by Crippen LogP contribution is -2.25. The molecule has 164 valence electrons. The molecule has 3 rings (SSSR count). The van der Waals surface area contributed by atoms with Gasteiger partial charge in [-0.25, -0.2) is 13.6 Å². The molecule has 1 aliphatic carbocycles. The number of hydrogen-bond acceptors (Lipinski definition) is 5. The summed E-state index contributed by atoms with van der Waals surface area (Å²) in [5, 5.41) is 8.69. The van der Waals surface area contributed by atoms with Crippen molar-refractivity contribution in [3.8, 4) is 17.6 Å². The van der Waals surface area contributed by atoms with Crippen LogP contribution in [0.3, 0.4) is 0 Å². The van der Waals surface area contributed by atoms with E-state index >= 15 is 0 Å². The zero-order chi connectivity index (χ0) is 22.2. The Morgan fingerprint density at radius 1 is 1.06 bits per heavy atom. The highest BCUT2D eigenvalue weighted by Gasteiger charge is 2.22. The van der Waals surface area contributed by atoms with Crippen molar-refractivity contribution in [2.24, 2.45) is 5.92 Å². The molecule has 0 radical (unpaired) electrons. The topological polar surface area (TPSA) is 68.6 Å². The average molecular weight is 429 g/mol. The van der Waals surface area contributed by atoms with Crippen molar-refractivity contribution in [3.05, 3.63) is 59.2 Å². The van der Waals surface area contributed by atoms with Gasteiger partial charge in [0.2, 0.25) is 0 Å². The molecule has 2 aromatic rings. The summed E-state index contributed by atoms with van der Waals surface area (Å²) in [6.07, 6.45) is 5.63. The number of esters is 1. The van der Waals surface area contributed by atoms with Crippen LogP contribution < -0.4 is 9.47 Å². The van der Waals surface area contributed by atoms with Gasteiger partial charge in [-0.05, 0) is 62.3 Å². The van der Waals surface area contributed by atoms with Crippen molar-refractivity contribution in [1.29, 1.82) is 5.26 Å². The van der Waals surface area contributed by atoms with Crippen LogP contribution in [0.15, 0.2) is 36.4 Å². The number of carbonyl (C=O) groups is 1. The molecular weight excluding hydrogens is 404 g/mol. The third-order valence-electron chi connectivity index (χ3n) is 5.27. The van der Waals surface area contributed by atoms with Crippen LogP contribution in [0.25, 0.3) is 0 Å². The molecule has 7 heteroatoms. The first-order chi connectivity index (χ1) is 15.0. The maximum atomic E-state index is 13.7. The van der Waals surface area contributed by atoms with E-state index in [9.17, 15) is 13.6 Å². The fourth-order valence-electron chi connectivity index (χ4n) is 3.53. The Kier molecular flexibility index (Phi) is 7.96. The molecule has 31 heavy (non-hydrogen) atoms. The second-order valence-electron chi connectivity index (χ2n) is 7.61. The van der Waals surface area contributed by atoms with Gasteiger partial charge < -0.3 is 14.2 Å². The van der Waals surface area contributed by atoms with Gasteiger partial charge in [0, 0.05) is 18.7 Å². The lowest BCUT2D eigenvalue weighted by Gasteiger charge is -2.28. The summed E-state index contributed by atoms with van der Waals surface area (Å²) in [5.41, 5.74) is -0.505. The Labute approximate surface area is 180 Å². The van der Waals surface area contributed by atoms with E-state index in [0.29, 0.717) is 24.4 Å². The van der Waals surface area contributed by atoms with Gasteiger partial charge in [-0.15, -0.1) is 0 Å². The maximum Gasteiger partial charge on any atom is 0.343 e. The Morgan fingerprint density at radius 2 is 1.71 bits per heavy atom. The van der Waals surface area contributed by atoms with Gasteiger partial charge in [0.05, 0.1) is 18.3 Å². The molecule has 0 aromatic heterocycles. The van der Waals surface area contributed by atoms with Crippen molar-refractivity contribution < 1.29 is 27.8 Å². The van der Waals surface area contributed by atoms with E-state index in [0.717, 1.165) is 50.8 Å². The van der Waals surface area contributed by atoms with Crippen LogP contribution in [-0.4, -0.2) is 25.3 Å². The maximum absolute atomic E-state index is 13.7. The van der Waals surface area contributed by atoms with E-state index in [-0.39, 0.29) is 11.3 Å². The molecule has 5 nitrogen and oxygen atoms in total. The van der Waals surface area contributed by atoms with Crippen LogP contribution >= 0.6 is 0 Å². The Morgan fingerprint density at radius 3 is 2.29 bits per heavy atom. The summed E-state index contributed by atoms with van der Waals surface area (Å²) in [7, 11) is 0. The zero-order valence-electron chi connectivity index (χ0n) is 17.4. The van der Waals surface area contributed by atoms with Gasteiger partial charge in [0.1, 0.15) is 34.8 Å². The number of benzene rings is 2. The summed E-state index contributed by atoms with van der Waals surface area (Å²) in [5.74, 6) is -2.12. The molecule has 0 heterocycles. The molecule has 0 unspecified atom stereocenters. The molecule has 0 amide bonds. The number of halogens is 2. The average Bonchev–Trinajstić information content (AvgIpc) is 2.77. The third kappa shape index (κ3) is 6.25. The Hall–Kier alpha value is -2.98. The first kappa shape index (κ1) is 22.7. The van der Waals surface area contributed by atoms with Crippen molar-refractivity contribution in [2.75, 3.05) is 13.2 Å². The lowest BCUT2D eigenvalue weighted by atomic mass is 9.88. The van der Waals surface area contributed by atoms with E-state index in [1.165, 1.54) is 18.2 Å². The van der Waals surface area contributed by atoms with Crippen LogP contribution in [0.4, 0.5) is 8.78 Å². The van der Waals surface area contributed by atoms with Crippen molar-refractivity contribution in [1.82, 2.24) is 0 Å². The smallest absolute Gasteiger partial charge is 0.343 e. The van der Waals surface area contributed by atoms with E-state index < -0.39 is 23.2 Å². The molecule has 0 aliphatic heterocycles. The summed E-state index contributed by atoms with van der Waals surface area (Å²) in [6.45, 7) is 3.53. The van der Waals surface area contributed by atoms with Crippen LogP contribution in [-0.2, 0) is 4.74 Å². The molecule has 0 bridgehead atoms. The van der Waals surface area contributed by atoms with Gasteiger partial charge in [-0.1, -0.05) is 6.92 Å². The summed E-state index contributed by atoms with van der Waals surface area (Å²) in [6, 6.07) is 9.41. The Balaban J connectivity index is 1.49. The number of rotatable bonds is 8. The highest BCUT2D eigenvalue weighted by molar-refractivity contribution is 5.91. The second kappa shape index (κ2) is 10.9. The van der Waals surface area contributed by atoms with Gasteiger partial charge in [0.15, 0.2) is 0 Å². The molecule has 0 atom stereocenters. The predicted octanol–water partition coefficient (Wildman–Crippen LogP) is 5.42. The van der Waals surface area contributed by atoms with Crippen molar-refractivity contribution in [2.45, 2.75) is 45.1 Å². The largest absolute Gasteiger partial charge is 0.493 e. The number of ether oxygens (including phenoxy) is 3. The van der Waals surface area contributed by atoms with Gasteiger partial charge in [-0.3, -0.25) is 0 Å². The normalized spacial score (nSPS) is 18.3. The second-order valence-corrected chi connectivity index (χ2v) is 7.61. The number of nitrogens with zero attached hydrogens (tertiary/aromatic N) is 1. The van der Waals surface area contributed by atoms with Crippen LogP contribution in [0.1, 0.15) is 54.9 Å². The Bertz CT molecular complexity index is 909. The highest BCUT2D eigenvalue weighted by Crippen LogP contribution is 2.27. The van der Waals surface area contributed by atoms with E-state index in [4.69, 9.17) is 19.5 Å². The first-order valence-electron chi connectivity index (χ1n) is 10.5. The zero-order valence-corrected chi connectivity index (χ0v) is 17.4. The summed E-state index contributed by atoms with van der Waals surface area (Å²) in [4.78, 5) is 12.2. The van der Waals surface area contributed by atoms with E-state index in [1.54, 1.807) is 12.1 Å². The van der Waals surface area contributed by atoms with Crippen LogP contribution in [0.5, 0.6) is 11.5 Å². The third-order valence-corrected chi connectivity index (χ3v) is 5.27. The lowest BCUT2D eigenvalue weighted by molar-refractivity contribution is 0.0132. The van der Waals surface area contributed by atoms with E-state index in [2.05, 4.69) is 6.92 Å². The fourth-order valence-corrected chi connectivity index (χ4v) is 3.53. The summed E-state index contributed by atoms with van der Waals surface area (Å²) >= 11 is 0. The minimum absolute atomic E-state index is 0.214. The first-order valence-corrected chi connectivity index (χ1v) is 10.5. The van der Waals surface area contributed by atoms with Crippen LogP contribution in [0, 0.1) is 28.9 Å². The van der Waals surface area contributed by atoms with E-state index in [1.807, 2.05) is 0 Å². The SMILES string of the molecule is CCCO[C@H]1CC[C@H](COc2ccc(C(=O)Oc3cc(F)c(C#N)c(F)c3)cc2)CC1.